The average molecular weight is 244 g/mol. The van der Waals surface area contributed by atoms with Gasteiger partial charge in [0.2, 0.25) is 5.91 Å². The van der Waals surface area contributed by atoms with Gasteiger partial charge in [-0.05, 0) is 31.8 Å². The quantitative estimate of drug-likeness (QED) is 0.653. The van der Waals surface area contributed by atoms with Crippen molar-refractivity contribution in [2.24, 2.45) is 5.92 Å². The van der Waals surface area contributed by atoms with Crippen LogP contribution in [0.25, 0.3) is 0 Å². The van der Waals surface area contributed by atoms with Gasteiger partial charge >= 0.3 is 0 Å². The zero-order valence-corrected chi connectivity index (χ0v) is 10.7. The van der Waals surface area contributed by atoms with E-state index in [2.05, 4.69) is 10.2 Å². The minimum Gasteiger partial charge on any atom is -0.396 e. The van der Waals surface area contributed by atoms with E-state index in [1.807, 2.05) is 0 Å². The number of aliphatic hydroxyl groups excluding tert-OH is 1. The second kappa shape index (κ2) is 8.44. The summed E-state index contributed by atoms with van der Waals surface area (Å²) in [5.41, 5.74) is 0. The van der Waals surface area contributed by atoms with E-state index < -0.39 is 0 Å². The van der Waals surface area contributed by atoms with Crippen LogP contribution in [0.15, 0.2) is 0 Å². The van der Waals surface area contributed by atoms with Crippen LogP contribution in [0.3, 0.4) is 0 Å². The molecule has 1 fully saturated rings. The van der Waals surface area contributed by atoms with Gasteiger partial charge in [-0.1, -0.05) is 0 Å². The molecule has 1 amide bonds. The van der Waals surface area contributed by atoms with E-state index in [1.54, 1.807) is 7.11 Å². The minimum atomic E-state index is 0.0529. The van der Waals surface area contributed by atoms with Gasteiger partial charge < -0.3 is 20.1 Å². The maximum absolute atomic E-state index is 11.3. The van der Waals surface area contributed by atoms with E-state index in [0.29, 0.717) is 32.1 Å². The lowest BCUT2D eigenvalue weighted by molar-refractivity contribution is -0.122. The van der Waals surface area contributed by atoms with Gasteiger partial charge in [0.05, 0.1) is 6.61 Å². The molecule has 5 heteroatoms. The molecule has 0 saturated carbocycles. The highest BCUT2D eigenvalue weighted by Crippen LogP contribution is 2.15. The molecule has 0 spiro atoms. The standard InChI is InChI=1S/C12H24N2O3/c1-17-9-4-12(16)13-5-8-14-6-2-11(10-15)3-7-14/h11,15H,2-10H2,1H3,(H,13,16). The third-order valence-electron chi connectivity index (χ3n) is 3.25. The van der Waals surface area contributed by atoms with Crippen molar-refractivity contribution in [3.8, 4) is 0 Å². The van der Waals surface area contributed by atoms with Crippen LogP contribution in [-0.2, 0) is 9.53 Å². The molecule has 0 aromatic rings. The van der Waals surface area contributed by atoms with Gasteiger partial charge in [0.15, 0.2) is 0 Å². The summed E-state index contributed by atoms with van der Waals surface area (Å²) < 4.78 is 4.84. The van der Waals surface area contributed by atoms with Crippen LogP contribution in [0.1, 0.15) is 19.3 Å². The highest BCUT2D eigenvalue weighted by Gasteiger charge is 2.17. The molecule has 2 N–H and O–H groups in total. The zero-order chi connectivity index (χ0) is 12.5. The molecule has 1 aliphatic rings. The molecular weight excluding hydrogens is 220 g/mol. The topological polar surface area (TPSA) is 61.8 Å². The summed E-state index contributed by atoms with van der Waals surface area (Å²) in [6.45, 7) is 4.44. The summed E-state index contributed by atoms with van der Waals surface area (Å²) in [4.78, 5) is 13.6. The third-order valence-corrected chi connectivity index (χ3v) is 3.25. The van der Waals surface area contributed by atoms with Crippen LogP contribution < -0.4 is 5.32 Å². The smallest absolute Gasteiger partial charge is 0.222 e. The molecular formula is C12H24N2O3. The van der Waals surface area contributed by atoms with Crippen molar-refractivity contribution < 1.29 is 14.6 Å². The summed E-state index contributed by atoms with van der Waals surface area (Å²) in [5, 5.41) is 11.9. The molecule has 0 atom stereocenters. The lowest BCUT2D eigenvalue weighted by Crippen LogP contribution is -2.40. The fraction of sp³-hybridized carbons (Fsp3) is 0.917. The Morgan fingerprint density at radius 3 is 2.76 bits per heavy atom. The molecule has 1 saturated heterocycles. The number of hydrogen-bond acceptors (Lipinski definition) is 4. The van der Waals surface area contributed by atoms with E-state index in [4.69, 9.17) is 9.84 Å². The molecule has 100 valence electrons. The Balaban J connectivity index is 2.01. The van der Waals surface area contributed by atoms with Crippen LogP contribution in [0.4, 0.5) is 0 Å². The van der Waals surface area contributed by atoms with E-state index in [9.17, 15) is 4.79 Å². The van der Waals surface area contributed by atoms with Crippen molar-refractivity contribution in [1.82, 2.24) is 10.2 Å². The van der Waals surface area contributed by atoms with Gasteiger partial charge in [0, 0.05) is 33.2 Å². The fourth-order valence-corrected chi connectivity index (χ4v) is 2.03. The lowest BCUT2D eigenvalue weighted by atomic mass is 9.98. The van der Waals surface area contributed by atoms with Gasteiger partial charge in [-0.25, -0.2) is 0 Å². The van der Waals surface area contributed by atoms with Gasteiger partial charge in [0.25, 0.3) is 0 Å². The first-order valence-corrected chi connectivity index (χ1v) is 6.35. The van der Waals surface area contributed by atoms with E-state index >= 15 is 0 Å². The predicted molar refractivity (Wildman–Crippen MR) is 65.8 cm³/mol. The highest BCUT2D eigenvalue weighted by molar-refractivity contribution is 5.75. The molecule has 1 heterocycles. The van der Waals surface area contributed by atoms with Gasteiger partial charge in [-0.3, -0.25) is 4.79 Å². The molecule has 0 radical (unpaired) electrons. The van der Waals surface area contributed by atoms with Crippen LogP contribution in [-0.4, -0.2) is 62.4 Å². The van der Waals surface area contributed by atoms with Crippen LogP contribution in [0.5, 0.6) is 0 Å². The molecule has 1 aliphatic heterocycles. The van der Waals surface area contributed by atoms with Crippen molar-refractivity contribution in [1.29, 1.82) is 0 Å². The number of likely N-dealkylation sites (tertiary alicyclic amines) is 1. The summed E-state index contributed by atoms with van der Waals surface area (Å²) in [6.07, 6.45) is 2.56. The molecule has 1 rings (SSSR count). The Morgan fingerprint density at radius 1 is 1.47 bits per heavy atom. The molecule has 17 heavy (non-hydrogen) atoms. The Hall–Kier alpha value is -0.650. The maximum atomic E-state index is 11.3. The molecule has 0 aromatic heterocycles. The predicted octanol–water partition coefficient (Wildman–Crippen LogP) is -0.157. The average Bonchev–Trinajstić information content (AvgIpc) is 2.37. The first-order chi connectivity index (χ1) is 8.26. The van der Waals surface area contributed by atoms with E-state index in [-0.39, 0.29) is 5.91 Å². The Kier molecular flexibility index (Phi) is 7.16. The number of rotatable bonds is 7. The zero-order valence-electron chi connectivity index (χ0n) is 10.7. The summed E-state index contributed by atoms with van der Waals surface area (Å²) in [6, 6.07) is 0. The number of aliphatic hydroxyl groups is 1. The third kappa shape index (κ3) is 6.00. The molecule has 0 aliphatic carbocycles. The van der Waals surface area contributed by atoms with Crippen LogP contribution in [0.2, 0.25) is 0 Å². The Labute approximate surface area is 103 Å². The van der Waals surface area contributed by atoms with E-state index in [1.165, 1.54) is 0 Å². The lowest BCUT2D eigenvalue weighted by Gasteiger charge is -2.30. The number of methoxy groups -OCH3 is 1. The first-order valence-electron chi connectivity index (χ1n) is 6.35. The van der Waals surface area contributed by atoms with Gasteiger partial charge in [-0.2, -0.15) is 0 Å². The van der Waals surface area contributed by atoms with Crippen LogP contribution in [0, 0.1) is 5.92 Å². The van der Waals surface area contributed by atoms with Crippen molar-refractivity contribution in [2.75, 3.05) is 46.5 Å². The number of carbonyl (C=O) groups is 1. The van der Waals surface area contributed by atoms with Gasteiger partial charge in [0.1, 0.15) is 0 Å². The molecule has 0 unspecified atom stereocenters. The number of nitrogens with one attached hydrogen (secondary N) is 1. The molecule has 5 nitrogen and oxygen atoms in total. The fourth-order valence-electron chi connectivity index (χ4n) is 2.03. The molecule has 0 bridgehead atoms. The van der Waals surface area contributed by atoms with Crippen molar-refractivity contribution in [3.05, 3.63) is 0 Å². The highest BCUT2D eigenvalue weighted by atomic mass is 16.5. The SMILES string of the molecule is COCCC(=O)NCCN1CCC(CO)CC1. The van der Waals surface area contributed by atoms with Crippen molar-refractivity contribution >= 4 is 5.91 Å². The van der Waals surface area contributed by atoms with E-state index in [0.717, 1.165) is 32.5 Å². The second-order valence-electron chi connectivity index (χ2n) is 4.56. The maximum Gasteiger partial charge on any atom is 0.222 e. The molecule has 0 aromatic carbocycles. The normalized spacial score (nSPS) is 18.2. The number of hydrogen-bond donors (Lipinski definition) is 2. The monoisotopic (exact) mass is 244 g/mol. The summed E-state index contributed by atoms with van der Waals surface area (Å²) in [7, 11) is 1.60. The largest absolute Gasteiger partial charge is 0.396 e. The first kappa shape index (κ1) is 14.4. The number of carbonyl (C=O) groups excluding carboxylic acids is 1. The minimum absolute atomic E-state index is 0.0529. The number of nitrogens with zero attached hydrogens (tertiary/aromatic N) is 1. The van der Waals surface area contributed by atoms with Crippen molar-refractivity contribution in [3.63, 3.8) is 0 Å². The number of amides is 1. The number of ether oxygens (including phenoxy) is 1. The Morgan fingerprint density at radius 2 is 2.18 bits per heavy atom. The second-order valence-corrected chi connectivity index (χ2v) is 4.56. The Bertz CT molecular complexity index is 216. The summed E-state index contributed by atoms with van der Waals surface area (Å²) >= 11 is 0. The summed E-state index contributed by atoms with van der Waals surface area (Å²) in [5.74, 6) is 0.527. The van der Waals surface area contributed by atoms with Crippen LogP contribution >= 0.6 is 0 Å². The number of piperidine rings is 1. The van der Waals surface area contributed by atoms with Crippen molar-refractivity contribution in [2.45, 2.75) is 19.3 Å². The van der Waals surface area contributed by atoms with Gasteiger partial charge in [-0.15, -0.1) is 0 Å².